The fourth-order valence-corrected chi connectivity index (χ4v) is 2.92. The summed E-state index contributed by atoms with van der Waals surface area (Å²) in [5.41, 5.74) is 8.92. The number of hydrogen-bond donors (Lipinski definition) is 1. The first-order valence-corrected chi connectivity index (χ1v) is 6.91. The molecule has 0 saturated heterocycles. The summed E-state index contributed by atoms with van der Waals surface area (Å²) in [5, 5.41) is 0. The molecule has 2 N–H and O–H groups in total. The number of benzene rings is 1. The molecule has 0 radical (unpaired) electrons. The number of fused-ring (bicyclic) bond motifs is 1. The van der Waals surface area contributed by atoms with E-state index in [1.165, 1.54) is 16.7 Å². The van der Waals surface area contributed by atoms with Crippen LogP contribution in [0.1, 0.15) is 30.5 Å². The standard InChI is InChI=1S/C16H18N2O2/c1-9(2)5-10-3-4-11-7-18(8-12(11)6-10)14-13(17)15(19)16(14)20/h3-4,6,9H,5,7-8,17H2,1-2H3. The van der Waals surface area contributed by atoms with Gasteiger partial charge in [-0.2, -0.15) is 0 Å². The molecular weight excluding hydrogens is 252 g/mol. The van der Waals surface area contributed by atoms with Crippen molar-refractivity contribution < 1.29 is 0 Å². The summed E-state index contributed by atoms with van der Waals surface area (Å²) < 4.78 is 0. The van der Waals surface area contributed by atoms with Crippen molar-refractivity contribution in [2.45, 2.75) is 33.4 Å². The van der Waals surface area contributed by atoms with E-state index in [0.717, 1.165) is 6.42 Å². The van der Waals surface area contributed by atoms with Gasteiger partial charge >= 0.3 is 0 Å². The Kier molecular flexibility index (Phi) is 2.89. The van der Waals surface area contributed by atoms with E-state index in [1.807, 2.05) is 4.90 Å². The molecule has 1 heterocycles. The van der Waals surface area contributed by atoms with Gasteiger partial charge in [0.1, 0.15) is 11.4 Å². The van der Waals surface area contributed by atoms with E-state index in [2.05, 4.69) is 32.0 Å². The Morgan fingerprint density at radius 2 is 1.85 bits per heavy atom. The zero-order valence-electron chi connectivity index (χ0n) is 11.8. The average molecular weight is 270 g/mol. The van der Waals surface area contributed by atoms with Crippen LogP contribution in [0.2, 0.25) is 0 Å². The van der Waals surface area contributed by atoms with Crippen molar-refractivity contribution >= 4 is 11.4 Å². The highest BCUT2D eigenvalue weighted by Crippen LogP contribution is 2.30. The fraction of sp³-hybridized carbons (Fsp3) is 0.375. The summed E-state index contributed by atoms with van der Waals surface area (Å²) in [6.45, 7) is 5.72. The Balaban J connectivity index is 1.86. The predicted octanol–water partition coefficient (Wildman–Crippen LogP) is 1.58. The van der Waals surface area contributed by atoms with Crippen molar-refractivity contribution in [1.29, 1.82) is 0 Å². The Morgan fingerprint density at radius 3 is 2.50 bits per heavy atom. The average Bonchev–Trinajstić information content (AvgIpc) is 2.80. The van der Waals surface area contributed by atoms with Crippen molar-refractivity contribution in [2.75, 3.05) is 10.6 Å². The predicted molar refractivity (Wildman–Crippen MR) is 80.6 cm³/mol. The molecule has 0 unspecified atom stereocenters. The molecule has 1 aliphatic rings. The van der Waals surface area contributed by atoms with Gasteiger partial charge in [-0.25, -0.2) is 0 Å². The van der Waals surface area contributed by atoms with Crippen LogP contribution in [0.5, 0.6) is 0 Å². The summed E-state index contributed by atoms with van der Waals surface area (Å²) in [5.74, 6) is 0.620. The van der Waals surface area contributed by atoms with E-state index in [9.17, 15) is 9.59 Å². The molecule has 20 heavy (non-hydrogen) atoms. The fourth-order valence-electron chi connectivity index (χ4n) is 2.92. The number of hydrogen-bond acceptors (Lipinski definition) is 4. The van der Waals surface area contributed by atoms with E-state index in [4.69, 9.17) is 5.73 Å². The summed E-state index contributed by atoms with van der Waals surface area (Å²) in [7, 11) is 0. The highest BCUT2D eigenvalue weighted by atomic mass is 16.2. The van der Waals surface area contributed by atoms with Crippen LogP contribution in [0.3, 0.4) is 0 Å². The van der Waals surface area contributed by atoms with Gasteiger partial charge in [0.25, 0.3) is 10.9 Å². The first-order chi connectivity index (χ1) is 9.47. The van der Waals surface area contributed by atoms with E-state index < -0.39 is 10.9 Å². The van der Waals surface area contributed by atoms with Gasteiger partial charge in [-0.05, 0) is 29.0 Å². The van der Waals surface area contributed by atoms with Crippen molar-refractivity contribution in [1.82, 2.24) is 0 Å². The largest absolute Gasteiger partial charge is 0.394 e. The third-order valence-corrected chi connectivity index (χ3v) is 3.87. The van der Waals surface area contributed by atoms with Crippen LogP contribution in [0.15, 0.2) is 27.8 Å². The van der Waals surface area contributed by atoms with E-state index in [-0.39, 0.29) is 5.69 Å². The van der Waals surface area contributed by atoms with Crippen LogP contribution in [0.4, 0.5) is 11.4 Å². The molecule has 4 heteroatoms. The maximum absolute atomic E-state index is 11.6. The molecule has 2 aromatic rings. The van der Waals surface area contributed by atoms with Gasteiger partial charge in [-0.15, -0.1) is 0 Å². The van der Waals surface area contributed by atoms with Crippen LogP contribution in [0, 0.1) is 5.92 Å². The van der Waals surface area contributed by atoms with Gasteiger partial charge in [0, 0.05) is 13.1 Å². The molecule has 0 aromatic heterocycles. The van der Waals surface area contributed by atoms with Gasteiger partial charge < -0.3 is 10.6 Å². The number of nitrogen functional groups attached to an aromatic ring is 1. The van der Waals surface area contributed by atoms with Gasteiger partial charge in [0.2, 0.25) is 0 Å². The van der Waals surface area contributed by atoms with Crippen molar-refractivity contribution in [3.8, 4) is 0 Å². The smallest absolute Gasteiger partial charge is 0.253 e. The van der Waals surface area contributed by atoms with Crippen LogP contribution in [0.25, 0.3) is 0 Å². The first kappa shape index (κ1) is 12.9. The molecule has 0 amide bonds. The topological polar surface area (TPSA) is 63.4 Å². The Labute approximate surface area is 117 Å². The van der Waals surface area contributed by atoms with Crippen molar-refractivity contribution in [3.05, 3.63) is 55.3 Å². The zero-order chi connectivity index (χ0) is 14.4. The minimum Gasteiger partial charge on any atom is -0.394 e. The quantitative estimate of drug-likeness (QED) is 0.860. The molecule has 0 spiro atoms. The zero-order valence-corrected chi connectivity index (χ0v) is 11.8. The second-order valence-electron chi connectivity index (χ2n) is 5.98. The third kappa shape index (κ3) is 1.92. The SMILES string of the molecule is CC(C)Cc1ccc2c(c1)CN(c1c(N)c(=O)c1=O)C2. The monoisotopic (exact) mass is 270 g/mol. The van der Waals surface area contributed by atoms with Crippen LogP contribution < -0.4 is 21.5 Å². The Bertz CT molecular complexity index is 739. The van der Waals surface area contributed by atoms with E-state index >= 15 is 0 Å². The molecule has 2 aromatic carbocycles. The van der Waals surface area contributed by atoms with Crippen LogP contribution in [-0.2, 0) is 19.5 Å². The highest BCUT2D eigenvalue weighted by molar-refractivity contribution is 5.73. The number of anilines is 2. The minimum absolute atomic E-state index is 0.116. The maximum atomic E-state index is 11.6. The van der Waals surface area contributed by atoms with Gasteiger partial charge in [-0.3, -0.25) is 9.59 Å². The lowest BCUT2D eigenvalue weighted by Gasteiger charge is -2.19. The maximum Gasteiger partial charge on any atom is 0.253 e. The van der Waals surface area contributed by atoms with Gasteiger partial charge in [-0.1, -0.05) is 32.0 Å². The number of nitrogens with zero attached hydrogens (tertiary/aromatic N) is 1. The number of rotatable bonds is 3. The van der Waals surface area contributed by atoms with Crippen molar-refractivity contribution in [2.24, 2.45) is 5.92 Å². The molecule has 0 bridgehead atoms. The second-order valence-corrected chi connectivity index (χ2v) is 5.98. The lowest BCUT2D eigenvalue weighted by molar-refractivity contribution is 0.647. The number of nitrogens with two attached hydrogens (primary N) is 1. The van der Waals surface area contributed by atoms with Gasteiger partial charge in [0.05, 0.1) is 0 Å². The molecule has 0 atom stereocenters. The lowest BCUT2D eigenvalue weighted by Crippen LogP contribution is -2.40. The summed E-state index contributed by atoms with van der Waals surface area (Å²) in [4.78, 5) is 24.7. The van der Waals surface area contributed by atoms with Crippen LogP contribution in [-0.4, -0.2) is 0 Å². The lowest BCUT2D eigenvalue weighted by atomic mass is 9.99. The molecule has 0 aliphatic carbocycles. The third-order valence-electron chi connectivity index (χ3n) is 3.87. The second kappa shape index (κ2) is 4.47. The van der Waals surface area contributed by atoms with Gasteiger partial charge in [0.15, 0.2) is 0 Å². The Morgan fingerprint density at radius 1 is 1.15 bits per heavy atom. The molecule has 3 rings (SSSR count). The first-order valence-electron chi connectivity index (χ1n) is 6.91. The molecule has 1 aliphatic heterocycles. The summed E-state index contributed by atoms with van der Waals surface area (Å²) in [6.07, 6.45) is 1.05. The summed E-state index contributed by atoms with van der Waals surface area (Å²) >= 11 is 0. The normalized spacial score (nSPS) is 14.2. The molecule has 0 saturated carbocycles. The molecule has 0 fully saturated rings. The highest BCUT2D eigenvalue weighted by Gasteiger charge is 2.28. The Hall–Kier alpha value is -2.10. The molecule has 104 valence electrons. The van der Waals surface area contributed by atoms with Crippen molar-refractivity contribution in [3.63, 3.8) is 0 Å². The van der Waals surface area contributed by atoms with Crippen LogP contribution >= 0.6 is 0 Å². The molecular formula is C16H18N2O2. The van der Waals surface area contributed by atoms with E-state index in [0.29, 0.717) is 24.7 Å². The molecule has 4 nitrogen and oxygen atoms in total. The van der Waals surface area contributed by atoms with E-state index in [1.54, 1.807) is 0 Å². The summed E-state index contributed by atoms with van der Waals surface area (Å²) in [6, 6.07) is 6.47. The minimum atomic E-state index is -0.545.